The average Bonchev–Trinajstić information content (AvgIpc) is 2.90. The lowest BCUT2D eigenvalue weighted by Gasteiger charge is -2.43. The number of hydrogen-bond donors (Lipinski definition) is 1. The van der Waals surface area contributed by atoms with Gasteiger partial charge in [-0.1, -0.05) is 33.1 Å². The van der Waals surface area contributed by atoms with Crippen molar-refractivity contribution in [2.75, 3.05) is 20.3 Å². The van der Waals surface area contributed by atoms with Crippen LogP contribution in [0.1, 0.15) is 65.2 Å². The van der Waals surface area contributed by atoms with Crippen molar-refractivity contribution < 1.29 is 9.47 Å². The van der Waals surface area contributed by atoms with E-state index in [-0.39, 0.29) is 5.60 Å². The molecular weight excluding hydrogens is 250 g/mol. The van der Waals surface area contributed by atoms with Gasteiger partial charge in [-0.25, -0.2) is 0 Å². The van der Waals surface area contributed by atoms with E-state index < -0.39 is 0 Å². The van der Waals surface area contributed by atoms with Crippen molar-refractivity contribution in [3.8, 4) is 0 Å². The van der Waals surface area contributed by atoms with Crippen molar-refractivity contribution >= 4 is 0 Å². The number of ether oxygens (including phenoxy) is 2. The third-order valence-corrected chi connectivity index (χ3v) is 5.27. The molecule has 3 nitrogen and oxygen atoms in total. The van der Waals surface area contributed by atoms with E-state index in [1.54, 1.807) is 0 Å². The molecule has 0 bridgehead atoms. The van der Waals surface area contributed by atoms with Crippen LogP contribution in [0.4, 0.5) is 0 Å². The first-order valence-corrected chi connectivity index (χ1v) is 8.65. The topological polar surface area (TPSA) is 30.5 Å². The third kappa shape index (κ3) is 3.75. The first-order valence-electron chi connectivity index (χ1n) is 8.65. The summed E-state index contributed by atoms with van der Waals surface area (Å²) in [7, 11) is 1.87. The fraction of sp³-hybridized carbons (Fsp3) is 1.00. The summed E-state index contributed by atoms with van der Waals surface area (Å²) >= 11 is 0. The van der Waals surface area contributed by atoms with Crippen molar-refractivity contribution in [2.45, 2.75) is 83.0 Å². The second-order valence-electron chi connectivity index (χ2n) is 6.64. The molecule has 3 unspecified atom stereocenters. The molecule has 0 amide bonds. The number of nitrogens with one attached hydrogen (secondary N) is 1. The molecule has 0 aromatic carbocycles. The fourth-order valence-electron chi connectivity index (χ4n) is 4.31. The molecule has 3 heteroatoms. The van der Waals surface area contributed by atoms with E-state index >= 15 is 0 Å². The lowest BCUT2D eigenvalue weighted by Crippen LogP contribution is -2.51. The van der Waals surface area contributed by atoms with E-state index in [2.05, 4.69) is 19.2 Å². The maximum atomic E-state index is 6.19. The summed E-state index contributed by atoms with van der Waals surface area (Å²) in [6.07, 6.45) is 10.3. The lowest BCUT2D eigenvalue weighted by molar-refractivity contribution is -0.107. The van der Waals surface area contributed by atoms with E-state index in [0.29, 0.717) is 18.1 Å². The van der Waals surface area contributed by atoms with Crippen LogP contribution in [-0.4, -0.2) is 38.0 Å². The molecule has 3 atom stereocenters. The second-order valence-corrected chi connectivity index (χ2v) is 6.64. The summed E-state index contributed by atoms with van der Waals surface area (Å²) in [5, 5.41) is 3.71. The minimum absolute atomic E-state index is 0.209. The van der Waals surface area contributed by atoms with E-state index in [0.717, 1.165) is 19.6 Å². The molecule has 1 aliphatic heterocycles. The van der Waals surface area contributed by atoms with Crippen LogP contribution in [0.5, 0.6) is 0 Å². The number of likely N-dealkylation sites (N-methyl/N-ethyl adjacent to an activating group) is 1. The Balaban J connectivity index is 2.03. The summed E-state index contributed by atoms with van der Waals surface area (Å²) in [6, 6.07) is 0.492. The van der Waals surface area contributed by atoms with Crippen molar-refractivity contribution in [3.05, 3.63) is 0 Å². The Morgan fingerprint density at radius 3 is 2.65 bits per heavy atom. The van der Waals surface area contributed by atoms with E-state index in [9.17, 15) is 0 Å². The van der Waals surface area contributed by atoms with Gasteiger partial charge >= 0.3 is 0 Å². The van der Waals surface area contributed by atoms with Crippen LogP contribution in [-0.2, 0) is 9.47 Å². The van der Waals surface area contributed by atoms with Crippen molar-refractivity contribution in [3.63, 3.8) is 0 Å². The number of hydrogen-bond acceptors (Lipinski definition) is 3. The third-order valence-electron chi connectivity index (χ3n) is 5.27. The molecule has 1 aliphatic carbocycles. The van der Waals surface area contributed by atoms with Gasteiger partial charge in [0.1, 0.15) is 0 Å². The van der Waals surface area contributed by atoms with Gasteiger partial charge in [-0.3, -0.25) is 0 Å². The highest BCUT2D eigenvalue weighted by molar-refractivity contribution is 4.96. The molecule has 1 saturated carbocycles. The summed E-state index contributed by atoms with van der Waals surface area (Å²) in [5.74, 6) is 0.707. The summed E-state index contributed by atoms with van der Waals surface area (Å²) in [5.41, 5.74) is 0.209. The Morgan fingerprint density at radius 2 is 2.05 bits per heavy atom. The minimum Gasteiger partial charge on any atom is -0.380 e. The van der Waals surface area contributed by atoms with Crippen molar-refractivity contribution in [1.82, 2.24) is 5.32 Å². The normalized spacial score (nSPS) is 28.6. The molecule has 1 heterocycles. The Kier molecular flexibility index (Phi) is 6.31. The molecule has 1 saturated heterocycles. The van der Waals surface area contributed by atoms with Gasteiger partial charge in [-0.2, -0.15) is 0 Å². The predicted molar refractivity (Wildman–Crippen MR) is 83.0 cm³/mol. The highest BCUT2D eigenvalue weighted by Crippen LogP contribution is 2.43. The molecule has 118 valence electrons. The average molecular weight is 283 g/mol. The molecule has 1 N–H and O–H groups in total. The maximum Gasteiger partial charge on any atom is 0.0726 e. The van der Waals surface area contributed by atoms with Crippen LogP contribution in [0, 0.1) is 5.92 Å². The fourth-order valence-corrected chi connectivity index (χ4v) is 4.31. The predicted octanol–water partition coefficient (Wildman–Crippen LogP) is 3.52. The van der Waals surface area contributed by atoms with Gasteiger partial charge < -0.3 is 14.8 Å². The van der Waals surface area contributed by atoms with Crippen molar-refractivity contribution in [1.29, 1.82) is 0 Å². The molecular formula is C17H33NO2. The van der Waals surface area contributed by atoms with E-state index in [4.69, 9.17) is 9.47 Å². The SMILES string of the molecule is CCCC(OC)C(NCC)C1CCOC2(CCCC2)C1. The van der Waals surface area contributed by atoms with Crippen molar-refractivity contribution in [2.24, 2.45) is 5.92 Å². The summed E-state index contributed by atoms with van der Waals surface area (Å²) < 4.78 is 12.0. The van der Waals surface area contributed by atoms with E-state index in [1.165, 1.54) is 44.9 Å². The van der Waals surface area contributed by atoms with Gasteiger partial charge in [0.2, 0.25) is 0 Å². The summed E-state index contributed by atoms with van der Waals surface area (Å²) in [4.78, 5) is 0. The first-order chi connectivity index (χ1) is 9.74. The molecule has 1 spiro atoms. The largest absolute Gasteiger partial charge is 0.380 e. The number of rotatable bonds is 7. The van der Waals surface area contributed by atoms with Crippen LogP contribution in [0.25, 0.3) is 0 Å². The quantitative estimate of drug-likeness (QED) is 0.775. The molecule has 0 aromatic heterocycles. The van der Waals surface area contributed by atoms with Gasteiger partial charge in [-0.15, -0.1) is 0 Å². The molecule has 2 rings (SSSR count). The number of methoxy groups -OCH3 is 1. The van der Waals surface area contributed by atoms with Gasteiger partial charge in [0.25, 0.3) is 0 Å². The molecule has 2 fully saturated rings. The van der Waals surface area contributed by atoms with Gasteiger partial charge in [0, 0.05) is 19.8 Å². The Bertz CT molecular complexity index is 276. The highest BCUT2D eigenvalue weighted by atomic mass is 16.5. The molecule has 20 heavy (non-hydrogen) atoms. The van der Waals surface area contributed by atoms with Gasteiger partial charge in [-0.05, 0) is 44.6 Å². The van der Waals surface area contributed by atoms with Crippen LogP contribution >= 0.6 is 0 Å². The smallest absolute Gasteiger partial charge is 0.0726 e. The molecule has 0 aromatic rings. The standard InChI is InChI=1S/C17H33NO2/c1-4-8-15(19-3)16(18-5-2)14-9-12-20-17(13-14)10-6-7-11-17/h14-16,18H,4-13H2,1-3H3. The maximum absolute atomic E-state index is 6.19. The van der Waals surface area contributed by atoms with Gasteiger partial charge in [0.15, 0.2) is 0 Å². The summed E-state index contributed by atoms with van der Waals surface area (Å²) in [6.45, 7) is 6.42. The van der Waals surface area contributed by atoms with Gasteiger partial charge in [0.05, 0.1) is 11.7 Å². The molecule has 2 aliphatic rings. The highest BCUT2D eigenvalue weighted by Gasteiger charge is 2.43. The minimum atomic E-state index is 0.209. The van der Waals surface area contributed by atoms with Crippen LogP contribution < -0.4 is 5.32 Å². The van der Waals surface area contributed by atoms with Crippen LogP contribution in [0.2, 0.25) is 0 Å². The second kappa shape index (κ2) is 7.77. The van der Waals surface area contributed by atoms with E-state index in [1.807, 2.05) is 7.11 Å². The first kappa shape index (κ1) is 16.3. The Morgan fingerprint density at radius 1 is 1.30 bits per heavy atom. The Labute approximate surface area is 124 Å². The zero-order valence-corrected chi connectivity index (χ0v) is 13.6. The van der Waals surface area contributed by atoms with Crippen LogP contribution in [0.15, 0.2) is 0 Å². The lowest BCUT2D eigenvalue weighted by atomic mass is 9.78. The zero-order valence-electron chi connectivity index (χ0n) is 13.6. The molecule has 0 radical (unpaired) electrons. The zero-order chi connectivity index (χ0) is 14.4. The Hall–Kier alpha value is -0.120. The van der Waals surface area contributed by atoms with Crippen LogP contribution in [0.3, 0.4) is 0 Å². The monoisotopic (exact) mass is 283 g/mol.